The monoisotopic (exact) mass is 283 g/mol. The zero-order valence-electron chi connectivity index (χ0n) is 13.3. The van der Waals surface area contributed by atoms with E-state index in [0.29, 0.717) is 5.92 Å². The van der Waals surface area contributed by atoms with E-state index >= 15 is 0 Å². The highest BCUT2D eigenvalue weighted by atomic mass is 16.5. The number of ether oxygens (including phenoxy) is 1. The first kappa shape index (κ1) is 15.6. The van der Waals surface area contributed by atoms with Crippen molar-refractivity contribution in [3.63, 3.8) is 0 Å². The number of hydrogen-bond acceptors (Lipinski definition) is 2. The van der Waals surface area contributed by atoms with Crippen LogP contribution in [-0.4, -0.2) is 32.1 Å². The first-order valence-corrected chi connectivity index (χ1v) is 7.63. The number of hydrogen-bond donors (Lipinski definition) is 0. The van der Waals surface area contributed by atoms with Gasteiger partial charge >= 0.3 is 0 Å². The summed E-state index contributed by atoms with van der Waals surface area (Å²) in [7, 11) is 4.10. The van der Waals surface area contributed by atoms with E-state index in [-0.39, 0.29) is 0 Å². The molecule has 0 heterocycles. The van der Waals surface area contributed by atoms with Crippen LogP contribution in [0.5, 0.6) is 5.75 Å². The van der Waals surface area contributed by atoms with Gasteiger partial charge in [0, 0.05) is 12.5 Å². The maximum atomic E-state index is 5.75. The molecule has 112 valence electrons. The van der Waals surface area contributed by atoms with E-state index in [0.717, 1.165) is 25.3 Å². The number of rotatable bonds is 7. The summed E-state index contributed by atoms with van der Waals surface area (Å²) >= 11 is 0. The van der Waals surface area contributed by atoms with Gasteiger partial charge in [0.1, 0.15) is 12.4 Å². The summed E-state index contributed by atoms with van der Waals surface area (Å²) in [5.74, 6) is 1.35. The van der Waals surface area contributed by atoms with Gasteiger partial charge in [-0.3, -0.25) is 0 Å². The Bertz CT molecular complexity index is 511. The van der Waals surface area contributed by atoms with Crippen LogP contribution in [0.2, 0.25) is 0 Å². The zero-order valence-corrected chi connectivity index (χ0v) is 13.3. The highest BCUT2D eigenvalue weighted by Crippen LogP contribution is 2.30. The van der Waals surface area contributed by atoms with E-state index in [2.05, 4.69) is 80.6 Å². The van der Waals surface area contributed by atoms with Crippen LogP contribution in [0.4, 0.5) is 0 Å². The molecule has 0 saturated heterocycles. The van der Waals surface area contributed by atoms with Crippen molar-refractivity contribution in [2.24, 2.45) is 5.92 Å². The standard InChI is InChI=1S/C19H25NO/c1-4-7-19(16-8-5-6-9-16)17-10-12-18(13-11-17)21-15-14-20(2)3/h5-13,16H,4,14-15H2,1-3H3. The van der Waals surface area contributed by atoms with Crippen molar-refractivity contribution >= 4 is 5.57 Å². The van der Waals surface area contributed by atoms with Crippen molar-refractivity contribution in [3.05, 3.63) is 60.2 Å². The fourth-order valence-electron chi connectivity index (χ4n) is 2.40. The van der Waals surface area contributed by atoms with Crippen molar-refractivity contribution < 1.29 is 4.74 Å². The van der Waals surface area contributed by atoms with Crippen LogP contribution in [0.15, 0.2) is 54.6 Å². The van der Waals surface area contributed by atoms with Crippen LogP contribution in [0, 0.1) is 5.92 Å². The van der Waals surface area contributed by atoms with Gasteiger partial charge in [-0.05, 0) is 43.8 Å². The first-order chi connectivity index (χ1) is 10.2. The second kappa shape index (κ2) is 7.84. The van der Waals surface area contributed by atoms with E-state index < -0.39 is 0 Å². The Hall–Kier alpha value is -1.80. The Morgan fingerprint density at radius 2 is 1.81 bits per heavy atom. The van der Waals surface area contributed by atoms with Crippen LogP contribution in [0.3, 0.4) is 0 Å². The van der Waals surface area contributed by atoms with Crippen molar-refractivity contribution in [2.45, 2.75) is 13.3 Å². The third-order valence-corrected chi connectivity index (χ3v) is 3.53. The summed E-state index contributed by atoms with van der Waals surface area (Å²) in [6.45, 7) is 3.83. The summed E-state index contributed by atoms with van der Waals surface area (Å²) in [5, 5.41) is 0. The van der Waals surface area contributed by atoms with Gasteiger partial charge in [0.2, 0.25) is 0 Å². The molecule has 0 amide bonds. The van der Waals surface area contributed by atoms with E-state index in [1.165, 1.54) is 11.1 Å². The highest BCUT2D eigenvalue weighted by Gasteiger charge is 2.12. The molecular weight excluding hydrogens is 258 g/mol. The van der Waals surface area contributed by atoms with Crippen LogP contribution in [0.25, 0.3) is 5.57 Å². The summed E-state index contributed by atoms with van der Waals surface area (Å²) in [6.07, 6.45) is 12.1. The van der Waals surface area contributed by atoms with Crippen LogP contribution in [0.1, 0.15) is 18.9 Å². The molecule has 0 aromatic heterocycles. The lowest BCUT2D eigenvalue weighted by Crippen LogP contribution is -2.19. The number of likely N-dealkylation sites (N-methyl/N-ethyl adjacent to an activating group) is 1. The van der Waals surface area contributed by atoms with Crippen molar-refractivity contribution in [3.8, 4) is 5.75 Å². The Morgan fingerprint density at radius 1 is 1.14 bits per heavy atom. The molecule has 1 aliphatic carbocycles. The maximum absolute atomic E-state index is 5.75. The molecule has 1 aromatic carbocycles. The number of nitrogens with zero attached hydrogens (tertiary/aromatic N) is 1. The Morgan fingerprint density at radius 3 is 2.38 bits per heavy atom. The summed E-state index contributed by atoms with van der Waals surface area (Å²) in [6, 6.07) is 8.45. The van der Waals surface area contributed by atoms with Crippen molar-refractivity contribution in [1.82, 2.24) is 4.90 Å². The van der Waals surface area contributed by atoms with E-state index in [1.54, 1.807) is 0 Å². The average Bonchev–Trinajstić information content (AvgIpc) is 2.99. The molecule has 1 aliphatic rings. The van der Waals surface area contributed by atoms with Crippen LogP contribution < -0.4 is 4.74 Å². The number of allylic oxidation sites excluding steroid dienone is 6. The van der Waals surface area contributed by atoms with Crippen molar-refractivity contribution in [2.75, 3.05) is 27.2 Å². The van der Waals surface area contributed by atoms with Gasteiger partial charge in [0.05, 0.1) is 0 Å². The molecule has 1 aromatic rings. The van der Waals surface area contributed by atoms with Gasteiger partial charge in [-0.1, -0.05) is 49.4 Å². The lowest BCUT2D eigenvalue weighted by molar-refractivity contribution is 0.261. The minimum atomic E-state index is 0.408. The second-order valence-corrected chi connectivity index (χ2v) is 5.54. The van der Waals surface area contributed by atoms with Gasteiger partial charge in [-0.25, -0.2) is 0 Å². The first-order valence-electron chi connectivity index (χ1n) is 7.63. The second-order valence-electron chi connectivity index (χ2n) is 5.54. The number of benzene rings is 1. The SMILES string of the molecule is CCC=C(c1ccc(OCCN(C)C)cc1)C1C=CC=C1. The minimum Gasteiger partial charge on any atom is -0.492 e. The molecule has 0 N–H and O–H groups in total. The van der Waals surface area contributed by atoms with Gasteiger partial charge in [0.15, 0.2) is 0 Å². The molecule has 2 heteroatoms. The highest BCUT2D eigenvalue weighted by molar-refractivity contribution is 5.71. The minimum absolute atomic E-state index is 0.408. The Kier molecular flexibility index (Phi) is 5.82. The lowest BCUT2D eigenvalue weighted by Gasteiger charge is -2.14. The van der Waals surface area contributed by atoms with E-state index in [4.69, 9.17) is 4.74 Å². The fraction of sp³-hybridized carbons (Fsp3) is 0.368. The quantitative estimate of drug-likeness (QED) is 0.745. The molecule has 0 spiro atoms. The Balaban J connectivity index is 2.04. The molecular formula is C19H25NO. The molecule has 0 radical (unpaired) electrons. The Labute approximate surface area is 128 Å². The molecule has 0 unspecified atom stereocenters. The van der Waals surface area contributed by atoms with Gasteiger partial charge in [-0.2, -0.15) is 0 Å². The van der Waals surface area contributed by atoms with Gasteiger partial charge < -0.3 is 9.64 Å². The molecule has 21 heavy (non-hydrogen) atoms. The third kappa shape index (κ3) is 4.61. The normalized spacial score (nSPS) is 15.1. The summed E-state index contributed by atoms with van der Waals surface area (Å²) in [4.78, 5) is 2.12. The lowest BCUT2D eigenvalue weighted by atomic mass is 9.92. The topological polar surface area (TPSA) is 12.5 Å². The largest absolute Gasteiger partial charge is 0.492 e. The summed E-state index contributed by atoms with van der Waals surface area (Å²) < 4.78 is 5.75. The third-order valence-electron chi connectivity index (χ3n) is 3.53. The molecule has 0 fully saturated rings. The smallest absolute Gasteiger partial charge is 0.119 e. The molecule has 0 aliphatic heterocycles. The molecule has 2 rings (SSSR count). The van der Waals surface area contributed by atoms with Crippen molar-refractivity contribution in [1.29, 1.82) is 0 Å². The predicted octanol–water partition coefficient (Wildman–Crippen LogP) is 4.16. The maximum Gasteiger partial charge on any atom is 0.119 e. The molecule has 2 nitrogen and oxygen atoms in total. The molecule has 0 bridgehead atoms. The summed E-state index contributed by atoms with van der Waals surface area (Å²) in [5.41, 5.74) is 2.65. The van der Waals surface area contributed by atoms with Gasteiger partial charge in [-0.15, -0.1) is 0 Å². The van der Waals surface area contributed by atoms with Gasteiger partial charge in [0.25, 0.3) is 0 Å². The molecule has 0 atom stereocenters. The van der Waals surface area contributed by atoms with Crippen LogP contribution in [-0.2, 0) is 0 Å². The fourth-order valence-corrected chi connectivity index (χ4v) is 2.40. The predicted molar refractivity (Wildman–Crippen MR) is 90.5 cm³/mol. The van der Waals surface area contributed by atoms with E-state index in [1.807, 2.05) is 0 Å². The average molecular weight is 283 g/mol. The van der Waals surface area contributed by atoms with E-state index in [9.17, 15) is 0 Å². The zero-order chi connectivity index (χ0) is 15.1. The van der Waals surface area contributed by atoms with Crippen LogP contribution >= 0.6 is 0 Å². The molecule has 0 saturated carbocycles.